The summed E-state index contributed by atoms with van der Waals surface area (Å²) in [6.07, 6.45) is 0.738. The molecule has 21 heavy (non-hydrogen) atoms. The Kier molecular flexibility index (Phi) is 7.18. The summed E-state index contributed by atoms with van der Waals surface area (Å²) in [5.74, 6) is -0.245. The lowest BCUT2D eigenvalue weighted by atomic mass is 10.2. The van der Waals surface area contributed by atoms with Crippen LogP contribution >= 0.6 is 0 Å². The molecule has 2 N–H and O–H groups in total. The zero-order valence-corrected chi connectivity index (χ0v) is 13.2. The second kappa shape index (κ2) is 8.63. The third-order valence-electron chi connectivity index (χ3n) is 2.73. The summed E-state index contributed by atoms with van der Waals surface area (Å²) in [7, 11) is -3.34. The van der Waals surface area contributed by atoms with Crippen LogP contribution in [0.1, 0.15) is 30.6 Å². The van der Waals surface area contributed by atoms with Crippen LogP contribution in [-0.4, -0.2) is 39.8 Å². The quantitative estimate of drug-likeness (QED) is 0.678. The van der Waals surface area contributed by atoms with E-state index in [9.17, 15) is 13.2 Å². The summed E-state index contributed by atoms with van der Waals surface area (Å²) in [5, 5.41) is 2.77. The highest BCUT2D eigenvalue weighted by molar-refractivity contribution is 7.92. The summed E-state index contributed by atoms with van der Waals surface area (Å²) >= 11 is 0. The summed E-state index contributed by atoms with van der Waals surface area (Å²) in [6.45, 7) is 5.25. The molecule has 1 aromatic carbocycles. The normalized spacial score (nSPS) is 11.1. The first-order chi connectivity index (χ1) is 9.98. The third kappa shape index (κ3) is 6.59. The van der Waals surface area contributed by atoms with Gasteiger partial charge >= 0.3 is 0 Å². The van der Waals surface area contributed by atoms with E-state index < -0.39 is 10.0 Å². The van der Waals surface area contributed by atoms with E-state index >= 15 is 0 Å². The fraction of sp³-hybridized carbons (Fsp3) is 0.500. The maximum atomic E-state index is 11.9. The highest BCUT2D eigenvalue weighted by atomic mass is 32.2. The molecule has 0 aliphatic carbocycles. The Labute approximate surface area is 125 Å². The SMILES string of the molecule is CCOCCCNC(=O)c1cccc(NS(=O)(=O)CC)c1. The number of nitrogens with one attached hydrogen (secondary N) is 2. The average molecular weight is 314 g/mol. The Morgan fingerprint density at radius 2 is 2.05 bits per heavy atom. The van der Waals surface area contributed by atoms with E-state index in [2.05, 4.69) is 10.0 Å². The fourth-order valence-electron chi connectivity index (χ4n) is 1.60. The molecule has 7 heteroatoms. The van der Waals surface area contributed by atoms with Crippen molar-refractivity contribution in [2.75, 3.05) is 30.2 Å². The molecular formula is C14H22N2O4S. The van der Waals surface area contributed by atoms with Gasteiger partial charge in [-0.05, 0) is 38.5 Å². The minimum Gasteiger partial charge on any atom is -0.382 e. The molecule has 0 unspecified atom stereocenters. The smallest absolute Gasteiger partial charge is 0.251 e. The number of benzene rings is 1. The van der Waals surface area contributed by atoms with Gasteiger partial charge in [0, 0.05) is 31.0 Å². The van der Waals surface area contributed by atoms with Crippen LogP contribution in [0.3, 0.4) is 0 Å². The number of rotatable bonds is 9. The van der Waals surface area contributed by atoms with E-state index in [4.69, 9.17) is 4.74 Å². The predicted octanol–water partition coefficient (Wildman–Crippen LogP) is 1.60. The summed E-state index contributed by atoms with van der Waals surface area (Å²) in [4.78, 5) is 11.9. The lowest BCUT2D eigenvalue weighted by Gasteiger charge is -2.09. The molecule has 6 nitrogen and oxygen atoms in total. The van der Waals surface area contributed by atoms with Crippen LogP contribution in [0.2, 0.25) is 0 Å². The third-order valence-corrected chi connectivity index (χ3v) is 4.04. The first-order valence-electron chi connectivity index (χ1n) is 6.95. The molecule has 118 valence electrons. The molecule has 0 saturated heterocycles. The van der Waals surface area contributed by atoms with Crippen molar-refractivity contribution in [3.63, 3.8) is 0 Å². The Bertz CT molecular complexity index is 558. The molecule has 0 bridgehead atoms. The van der Waals surface area contributed by atoms with Crippen LogP contribution in [-0.2, 0) is 14.8 Å². The van der Waals surface area contributed by atoms with Gasteiger partial charge in [0.25, 0.3) is 5.91 Å². The van der Waals surface area contributed by atoms with Crippen LogP contribution in [0.4, 0.5) is 5.69 Å². The minimum atomic E-state index is -3.34. The molecule has 0 radical (unpaired) electrons. The topological polar surface area (TPSA) is 84.5 Å². The van der Waals surface area contributed by atoms with E-state index in [1.807, 2.05) is 6.92 Å². The number of hydrogen-bond donors (Lipinski definition) is 2. The van der Waals surface area contributed by atoms with Crippen LogP contribution in [0.5, 0.6) is 0 Å². The van der Waals surface area contributed by atoms with Crippen molar-refractivity contribution in [1.29, 1.82) is 0 Å². The molecule has 0 heterocycles. The monoisotopic (exact) mass is 314 g/mol. The average Bonchev–Trinajstić information content (AvgIpc) is 2.46. The molecule has 0 aromatic heterocycles. The number of anilines is 1. The number of hydrogen-bond acceptors (Lipinski definition) is 4. The van der Waals surface area contributed by atoms with Crippen molar-refractivity contribution in [3.8, 4) is 0 Å². The highest BCUT2D eigenvalue weighted by Crippen LogP contribution is 2.12. The number of amides is 1. The number of carbonyl (C=O) groups is 1. The lowest BCUT2D eigenvalue weighted by molar-refractivity contribution is 0.0944. The van der Waals surface area contributed by atoms with Gasteiger partial charge in [0.05, 0.1) is 5.75 Å². The van der Waals surface area contributed by atoms with E-state index in [0.29, 0.717) is 31.0 Å². The first-order valence-corrected chi connectivity index (χ1v) is 8.60. The standard InChI is InChI=1S/C14H22N2O4S/c1-3-20-10-6-9-15-14(17)12-7-5-8-13(11-12)16-21(18,19)4-2/h5,7-8,11,16H,3-4,6,9-10H2,1-2H3,(H,15,17). The van der Waals surface area contributed by atoms with Crippen molar-refractivity contribution in [2.24, 2.45) is 0 Å². The van der Waals surface area contributed by atoms with Gasteiger partial charge in [0.1, 0.15) is 0 Å². The van der Waals surface area contributed by atoms with Crippen molar-refractivity contribution >= 4 is 21.6 Å². The van der Waals surface area contributed by atoms with Gasteiger partial charge in [0.2, 0.25) is 10.0 Å². The van der Waals surface area contributed by atoms with Crippen molar-refractivity contribution in [3.05, 3.63) is 29.8 Å². The van der Waals surface area contributed by atoms with Gasteiger partial charge in [0.15, 0.2) is 0 Å². The van der Waals surface area contributed by atoms with Crippen molar-refractivity contribution in [1.82, 2.24) is 5.32 Å². The number of sulfonamides is 1. The van der Waals surface area contributed by atoms with Crippen molar-refractivity contribution < 1.29 is 17.9 Å². The zero-order chi connectivity index (χ0) is 15.7. The zero-order valence-electron chi connectivity index (χ0n) is 12.4. The second-order valence-corrected chi connectivity index (χ2v) is 6.40. The Morgan fingerprint density at radius 1 is 1.29 bits per heavy atom. The van der Waals surface area contributed by atoms with Gasteiger partial charge in [-0.1, -0.05) is 6.07 Å². The van der Waals surface area contributed by atoms with Gasteiger partial charge in [-0.3, -0.25) is 9.52 Å². The molecule has 0 aliphatic rings. The van der Waals surface area contributed by atoms with Crippen LogP contribution in [0, 0.1) is 0 Å². The lowest BCUT2D eigenvalue weighted by Crippen LogP contribution is -2.25. The van der Waals surface area contributed by atoms with Crippen molar-refractivity contribution in [2.45, 2.75) is 20.3 Å². The molecule has 1 amide bonds. The van der Waals surface area contributed by atoms with Gasteiger partial charge in [-0.2, -0.15) is 0 Å². The fourth-order valence-corrected chi connectivity index (χ4v) is 2.23. The molecule has 0 atom stereocenters. The molecule has 1 aromatic rings. The molecule has 0 spiro atoms. The second-order valence-electron chi connectivity index (χ2n) is 4.39. The molecule has 0 saturated carbocycles. The van der Waals surface area contributed by atoms with E-state index in [0.717, 1.165) is 6.42 Å². The summed E-state index contributed by atoms with van der Waals surface area (Å²) < 4.78 is 30.6. The largest absolute Gasteiger partial charge is 0.382 e. The first kappa shape index (κ1) is 17.5. The minimum absolute atomic E-state index is 0.0130. The maximum Gasteiger partial charge on any atom is 0.251 e. The van der Waals surface area contributed by atoms with E-state index in [1.54, 1.807) is 25.1 Å². The predicted molar refractivity (Wildman–Crippen MR) is 83.0 cm³/mol. The summed E-state index contributed by atoms with van der Waals surface area (Å²) in [5.41, 5.74) is 0.807. The van der Waals surface area contributed by atoms with Gasteiger partial charge < -0.3 is 10.1 Å². The van der Waals surface area contributed by atoms with Crippen LogP contribution in [0.25, 0.3) is 0 Å². The summed E-state index contributed by atoms with van der Waals surface area (Å²) in [6, 6.07) is 6.41. The maximum absolute atomic E-state index is 11.9. The molecule has 0 fully saturated rings. The molecular weight excluding hydrogens is 292 g/mol. The Morgan fingerprint density at radius 3 is 2.71 bits per heavy atom. The van der Waals surface area contributed by atoms with Crippen LogP contribution in [0.15, 0.2) is 24.3 Å². The highest BCUT2D eigenvalue weighted by Gasteiger charge is 2.09. The van der Waals surface area contributed by atoms with Gasteiger partial charge in [-0.25, -0.2) is 8.42 Å². The molecule has 1 rings (SSSR count). The van der Waals surface area contributed by atoms with Crippen LogP contribution < -0.4 is 10.0 Å². The number of ether oxygens (including phenoxy) is 1. The Hall–Kier alpha value is -1.60. The molecule has 0 aliphatic heterocycles. The number of carbonyl (C=O) groups excluding carboxylic acids is 1. The van der Waals surface area contributed by atoms with E-state index in [1.165, 1.54) is 6.07 Å². The van der Waals surface area contributed by atoms with E-state index in [-0.39, 0.29) is 11.7 Å². The van der Waals surface area contributed by atoms with Gasteiger partial charge in [-0.15, -0.1) is 0 Å². The Balaban J connectivity index is 2.57.